The van der Waals surface area contributed by atoms with Gasteiger partial charge in [-0.1, -0.05) is 12.8 Å². The summed E-state index contributed by atoms with van der Waals surface area (Å²) in [5, 5.41) is 9.34. The first-order valence-electron chi connectivity index (χ1n) is 7.21. The molecule has 100 valence electrons. The number of fused-ring (bicyclic) bond motifs is 1. The number of carbonyl (C=O) groups excluding carboxylic acids is 1. The van der Waals surface area contributed by atoms with Gasteiger partial charge in [-0.05, 0) is 43.9 Å². The Bertz CT molecular complexity index is 364. The zero-order valence-corrected chi connectivity index (χ0v) is 10.7. The van der Waals surface area contributed by atoms with Gasteiger partial charge in [0.05, 0.1) is 0 Å². The van der Waals surface area contributed by atoms with Gasteiger partial charge in [0.1, 0.15) is 6.04 Å². The Hall–Kier alpha value is -1.06. The Kier molecular flexibility index (Phi) is 3.04. The molecule has 18 heavy (non-hydrogen) atoms. The Morgan fingerprint density at radius 2 is 1.83 bits per heavy atom. The van der Waals surface area contributed by atoms with Crippen molar-refractivity contribution < 1.29 is 14.7 Å². The largest absolute Gasteiger partial charge is 0.480 e. The molecule has 2 aliphatic carbocycles. The molecule has 0 spiro atoms. The number of amides is 1. The molecule has 3 unspecified atom stereocenters. The molecule has 0 aromatic heterocycles. The maximum absolute atomic E-state index is 12.3. The summed E-state index contributed by atoms with van der Waals surface area (Å²) in [6, 6.07) is -0.338. The Balaban J connectivity index is 1.76. The quantitative estimate of drug-likeness (QED) is 0.835. The number of likely N-dealkylation sites (tertiary alicyclic amines) is 1. The maximum Gasteiger partial charge on any atom is 0.326 e. The minimum absolute atomic E-state index is 0.0966. The molecule has 1 saturated heterocycles. The van der Waals surface area contributed by atoms with Crippen LogP contribution in [0.1, 0.15) is 51.4 Å². The highest BCUT2D eigenvalue weighted by atomic mass is 16.4. The highest BCUT2D eigenvalue weighted by molar-refractivity contribution is 5.85. The second-order valence-electron chi connectivity index (χ2n) is 6.15. The average Bonchev–Trinajstić information content (AvgIpc) is 3.06. The fourth-order valence-electron chi connectivity index (χ4n) is 3.71. The molecule has 3 fully saturated rings. The molecule has 4 nitrogen and oxygen atoms in total. The smallest absolute Gasteiger partial charge is 0.326 e. The van der Waals surface area contributed by atoms with Crippen molar-refractivity contribution in [3.05, 3.63) is 0 Å². The van der Waals surface area contributed by atoms with Crippen LogP contribution in [0.5, 0.6) is 0 Å². The summed E-state index contributed by atoms with van der Waals surface area (Å²) < 4.78 is 0. The molecule has 1 heterocycles. The average molecular weight is 251 g/mol. The van der Waals surface area contributed by atoms with Crippen LogP contribution in [0.2, 0.25) is 0 Å². The van der Waals surface area contributed by atoms with Crippen molar-refractivity contribution in [3.8, 4) is 0 Å². The number of carbonyl (C=O) groups is 2. The lowest BCUT2D eigenvalue weighted by molar-refractivity contribution is -0.150. The van der Waals surface area contributed by atoms with Gasteiger partial charge in [-0.3, -0.25) is 4.79 Å². The summed E-state index contributed by atoms with van der Waals surface area (Å²) in [7, 11) is 0. The van der Waals surface area contributed by atoms with Crippen molar-refractivity contribution in [2.45, 2.75) is 63.5 Å². The number of carboxylic acid groups (broad SMARTS) is 1. The van der Waals surface area contributed by atoms with Gasteiger partial charge in [0.25, 0.3) is 0 Å². The van der Waals surface area contributed by atoms with E-state index < -0.39 is 12.0 Å². The lowest BCUT2D eigenvalue weighted by atomic mass is 9.84. The second kappa shape index (κ2) is 4.56. The Labute approximate surface area is 107 Å². The highest BCUT2D eigenvalue weighted by Gasteiger charge is 2.47. The van der Waals surface area contributed by atoms with Gasteiger partial charge in [-0.25, -0.2) is 4.79 Å². The molecule has 1 N–H and O–H groups in total. The van der Waals surface area contributed by atoms with E-state index in [1.807, 2.05) is 0 Å². The van der Waals surface area contributed by atoms with Crippen LogP contribution < -0.4 is 0 Å². The van der Waals surface area contributed by atoms with E-state index in [1.54, 1.807) is 4.90 Å². The van der Waals surface area contributed by atoms with Gasteiger partial charge in [0.2, 0.25) is 5.91 Å². The van der Waals surface area contributed by atoms with Gasteiger partial charge in [0, 0.05) is 12.5 Å². The van der Waals surface area contributed by atoms with Gasteiger partial charge >= 0.3 is 5.97 Å². The number of carboxylic acids is 1. The lowest BCUT2D eigenvalue weighted by Gasteiger charge is -2.33. The zero-order valence-electron chi connectivity index (χ0n) is 10.7. The normalized spacial score (nSPS) is 35.3. The summed E-state index contributed by atoms with van der Waals surface area (Å²) in [6.07, 6.45) is 7.98. The zero-order chi connectivity index (χ0) is 12.7. The predicted octanol–water partition coefficient (Wildman–Crippen LogP) is 2.03. The third-order valence-corrected chi connectivity index (χ3v) is 4.82. The van der Waals surface area contributed by atoms with E-state index >= 15 is 0 Å². The predicted molar refractivity (Wildman–Crippen MR) is 66.0 cm³/mol. The van der Waals surface area contributed by atoms with Crippen LogP contribution in [0.3, 0.4) is 0 Å². The van der Waals surface area contributed by atoms with Crippen LogP contribution in [0.25, 0.3) is 0 Å². The van der Waals surface area contributed by atoms with Crippen LogP contribution in [0.4, 0.5) is 0 Å². The van der Waals surface area contributed by atoms with E-state index in [2.05, 4.69) is 0 Å². The molecule has 2 saturated carbocycles. The van der Waals surface area contributed by atoms with Crippen LogP contribution in [0.15, 0.2) is 0 Å². The number of hydrogen-bond acceptors (Lipinski definition) is 2. The molecule has 3 atom stereocenters. The Morgan fingerprint density at radius 1 is 1.11 bits per heavy atom. The van der Waals surface area contributed by atoms with Crippen molar-refractivity contribution in [1.29, 1.82) is 0 Å². The highest BCUT2D eigenvalue weighted by Crippen LogP contribution is 2.41. The molecular weight excluding hydrogens is 230 g/mol. The number of rotatable bonds is 3. The molecule has 1 amide bonds. The van der Waals surface area contributed by atoms with E-state index in [9.17, 15) is 14.7 Å². The minimum Gasteiger partial charge on any atom is -0.480 e. The van der Waals surface area contributed by atoms with Crippen LogP contribution >= 0.6 is 0 Å². The van der Waals surface area contributed by atoms with Crippen molar-refractivity contribution in [2.75, 3.05) is 0 Å². The molecule has 0 aromatic carbocycles. The molecule has 4 heteroatoms. The third kappa shape index (κ3) is 2.13. The summed E-state index contributed by atoms with van der Waals surface area (Å²) in [5.41, 5.74) is 0. The standard InChI is InChI=1S/C14H21NO3/c16-13(7-9-5-6-9)15-11-4-2-1-3-10(11)8-12(15)14(17)18/h9-12H,1-8H2,(H,17,18). The lowest BCUT2D eigenvalue weighted by Crippen LogP contribution is -2.46. The Morgan fingerprint density at radius 3 is 2.50 bits per heavy atom. The molecule has 1 aliphatic heterocycles. The van der Waals surface area contributed by atoms with Crippen LogP contribution in [-0.4, -0.2) is 34.0 Å². The monoisotopic (exact) mass is 251 g/mol. The van der Waals surface area contributed by atoms with Crippen LogP contribution in [0, 0.1) is 11.8 Å². The van der Waals surface area contributed by atoms with E-state index in [1.165, 1.54) is 6.42 Å². The van der Waals surface area contributed by atoms with E-state index in [0.717, 1.165) is 32.1 Å². The first-order valence-corrected chi connectivity index (χ1v) is 7.21. The van der Waals surface area contributed by atoms with E-state index in [4.69, 9.17) is 0 Å². The van der Waals surface area contributed by atoms with Gasteiger partial charge in [-0.2, -0.15) is 0 Å². The number of hydrogen-bond donors (Lipinski definition) is 1. The molecular formula is C14H21NO3. The fourth-order valence-corrected chi connectivity index (χ4v) is 3.71. The molecule has 3 rings (SSSR count). The first kappa shape index (κ1) is 12.0. The SMILES string of the molecule is O=C(O)C1CC2CCCCC2N1C(=O)CC1CC1. The summed E-state index contributed by atoms with van der Waals surface area (Å²) in [5.74, 6) is 0.255. The molecule has 0 bridgehead atoms. The fraction of sp³-hybridized carbons (Fsp3) is 0.857. The van der Waals surface area contributed by atoms with E-state index in [0.29, 0.717) is 24.7 Å². The van der Waals surface area contributed by atoms with Crippen LogP contribution in [-0.2, 0) is 9.59 Å². The topological polar surface area (TPSA) is 57.6 Å². The summed E-state index contributed by atoms with van der Waals surface area (Å²) in [6.45, 7) is 0. The second-order valence-corrected chi connectivity index (χ2v) is 6.15. The van der Waals surface area contributed by atoms with Gasteiger partial charge in [-0.15, -0.1) is 0 Å². The maximum atomic E-state index is 12.3. The van der Waals surface area contributed by atoms with Crippen molar-refractivity contribution in [2.24, 2.45) is 11.8 Å². The van der Waals surface area contributed by atoms with Gasteiger partial charge in [0.15, 0.2) is 0 Å². The minimum atomic E-state index is -0.812. The number of nitrogens with zero attached hydrogens (tertiary/aromatic N) is 1. The first-order chi connectivity index (χ1) is 8.66. The molecule has 3 aliphatic rings. The van der Waals surface area contributed by atoms with Crippen molar-refractivity contribution in [1.82, 2.24) is 4.90 Å². The molecule has 0 aromatic rings. The van der Waals surface area contributed by atoms with Crippen molar-refractivity contribution in [3.63, 3.8) is 0 Å². The number of aliphatic carboxylic acids is 1. The third-order valence-electron chi connectivity index (χ3n) is 4.82. The summed E-state index contributed by atoms with van der Waals surface area (Å²) in [4.78, 5) is 25.4. The van der Waals surface area contributed by atoms with Gasteiger partial charge < -0.3 is 10.0 Å². The summed E-state index contributed by atoms with van der Waals surface area (Å²) >= 11 is 0. The van der Waals surface area contributed by atoms with E-state index in [-0.39, 0.29) is 11.9 Å². The molecule has 0 radical (unpaired) electrons. The van der Waals surface area contributed by atoms with Crippen molar-refractivity contribution >= 4 is 11.9 Å².